The summed E-state index contributed by atoms with van der Waals surface area (Å²) in [6.45, 7) is 7.15. The number of carbonyl (C=O) groups is 4. The number of hydrogen-bond acceptors (Lipinski definition) is 9. The third kappa shape index (κ3) is 9.51. The van der Waals surface area contributed by atoms with Gasteiger partial charge in [-0.1, -0.05) is 12.8 Å². The van der Waals surface area contributed by atoms with Crippen molar-refractivity contribution in [2.75, 3.05) is 68.0 Å². The second-order valence-corrected chi connectivity index (χ2v) is 12.1. The number of unbranched alkanes of at least 4 members (excludes halogenated alkanes) is 3. The fourth-order valence-electron chi connectivity index (χ4n) is 6.14. The number of ether oxygens (including phenoxy) is 1. The van der Waals surface area contributed by atoms with Gasteiger partial charge in [0.1, 0.15) is 6.04 Å². The first-order chi connectivity index (χ1) is 22.0. The van der Waals surface area contributed by atoms with Gasteiger partial charge in [-0.2, -0.15) is 0 Å². The molecule has 11 heteroatoms. The molecule has 0 spiro atoms. The van der Waals surface area contributed by atoms with Gasteiger partial charge in [-0.25, -0.2) is 0 Å². The lowest BCUT2D eigenvalue weighted by Crippen LogP contribution is -2.47. The number of nitrogens with one attached hydrogen (secondary N) is 4. The van der Waals surface area contributed by atoms with Crippen LogP contribution in [0.2, 0.25) is 0 Å². The smallest absolute Gasteiger partial charge is 0.251 e. The van der Waals surface area contributed by atoms with Crippen LogP contribution in [0.1, 0.15) is 72.1 Å². The topological polar surface area (TPSA) is 132 Å². The number of piperazine rings is 1. The van der Waals surface area contributed by atoms with Gasteiger partial charge in [0.25, 0.3) is 5.91 Å². The van der Waals surface area contributed by atoms with Crippen molar-refractivity contribution in [2.24, 2.45) is 0 Å². The molecule has 0 bridgehead atoms. The van der Waals surface area contributed by atoms with Crippen LogP contribution in [0.4, 0.5) is 17.1 Å². The second-order valence-electron chi connectivity index (χ2n) is 12.1. The molecule has 0 aromatic heterocycles. The largest absolute Gasteiger partial charge is 0.382 e. The Morgan fingerprint density at radius 3 is 2.40 bits per heavy atom. The molecule has 3 heterocycles. The second kappa shape index (κ2) is 16.4. The van der Waals surface area contributed by atoms with E-state index in [4.69, 9.17) is 4.74 Å². The highest BCUT2D eigenvalue weighted by molar-refractivity contribution is 6.01. The Bertz CT molecular complexity index is 1300. The summed E-state index contributed by atoms with van der Waals surface area (Å²) < 4.78 is 5.40. The summed E-state index contributed by atoms with van der Waals surface area (Å²) >= 11 is 0. The molecule has 3 aliphatic rings. The van der Waals surface area contributed by atoms with E-state index in [-0.39, 0.29) is 29.8 Å². The van der Waals surface area contributed by atoms with Gasteiger partial charge in [-0.05, 0) is 81.1 Å². The van der Waals surface area contributed by atoms with Crippen LogP contribution in [-0.2, 0) is 14.3 Å². The molecule has 3 amide bonds. The molecule has 0 radical (unpaired) electrons. The summed E-state index contributed by atoms with van der Waals surface area (Å²) in [5.41, 5.74) is 3.84. The fraction of sp³-hybridized carbons (Fsp3) is 0.529. The molecule has 242 valence electrons. The van der Waals surface area contributed by atoms with Crippen molar-refractivity contribution in [3.63, 3.8) is 0 Å². The first kappa shape index (κ1) is 32.4. The average molecular weight is 619 g/mol. The van der Waals surface area contributed by atoms with Gasteiger partial charge in [0.2, 0.25) is 11.8 Å². The molecular weight excluding hydrogens is 572 g/mol. The number of imide groups is 1. The van der Waals surface area contributed by atoms with Gasteiger partial charge in [0.05, 0.1) is 0 Å². The minimum absolute atomic E-state index is 0.145. The normalized spacial score (nSPS) is 19.6. The molecule has 45 heavy (non-hydrogen) atoms. The molecule has 1 atom stereocenters. The van der Waals surface area contributed by atoms with E-state index in [0.717, 1.165) is 102 Å². The van der Waals surface area contributed by atoms with Crippen molar-refractivity contribution < 1.29 is 23.9 Å². The Balaban J connectivity index is 0.928. The van der Waals surface area contributed by atoms with Crippen LogP contribution in [0.15, 0.2) is 42.5 Å². The number of nitrogens with zero attached hydrogens (tertiary/aromatic N) is 2. The van der Waals surface area contributed by atoms with Crippen LogP contribution in [0.25, 0.3) is 0 Å². The first-order valence-electron chi connectivity index (χ1n) is 16.4. The molecule has 0 aliphatic carbocycles. The molecule has 2 aromatic carbocycles. The minimum atomic E-state index is -0.373. The maximum Gasteiger partial charge on any atom is 0.251 e. The number of benzene rings is 2. The average Bonchev–Trinajstić information content (AvgIpc) is 3.07. The van der Waals surface area contributed by atoms with E-state index in [1.165, 1.54) is 5.69 Å². The number of aldehydes is 1. The molecule has 3 saturated heterocycles. The summed E-state index contributed by atoms with van der Waals surface area (Å²) in [5.74, 6) is -0.611. The molecule has 1 unspecified atom stereocenters. The summed E-state index contributed by atoms with van der Waals surface area (Å²) in [5, 5.41) is 12.0. The third-order valence-corrected chi connectivity index (χ3v) is 8.89. The predicted molar refractivity (Wildman–Crippen MR) is 175 cm³/mol. The van der Waals surface area contributed by atoms with Crippen LogP contribution >= 0.6 is 0 Å². The van der Waals surface area contributed by atoms with Gasteiger partial charge in [-0.3, -0.25) is 29.4 Å². The molecule has 11 nitrogen and oxygen atoms in total. The molecular formula is C34H46N6O5. The Morgan fingerprint density at radius 2 is 1.67 bits per heavy atom. The van der Waals surface area contributed by atoms with Crippen molar-refractivity contribution in [1.82, 2.24) is 15.5 Å². The van der Waals surface area contributed by atoms with Gasteiger partial charge in [0, 0.05) is 86.6 Å². The van der Waals surface area contributed by atoms with Crippen LogP contribution in [0.5, 0.6) is 0 Å². The van der Waals surface area contributed by atoms with Crippen LogP contribution in [-0.4, -0.2) is 93.5 Å². The zero-order chi connectivity index (χ0) is 31.4. The number of piperidine rings is 1. The highest BCUT2D eigenvalue weighted by atomic mass is 16.5. The lowest BCUT2D eigenvalue weighted by Gasteiger charge is -2.36. The van der Waals surface area contributed by atoms with Crippen LogP contribution < -0.4 is 26.2 Å². The van der Waals surface area contributed by atoms with Gasteiger partial charge in [-0.15, -0.1) is 0 Å². The van der Waals surface area contributed by atoms with E-state index in [1.807, 2.05) is 18.2 Å². The van der Waals surface area contributed by atoms with E-state index in [2.05, 4.69) is 43.2 Å². The van der Waals surface area contributed by atoms with E-state index >= 15 is 0 Å². The Labute approximate surface area is 265 Å². The Hall–Kier alpha value is -3.96. The van der Waals surface area contributed by atoms with Crippen molar-refractivity contribution in [3.05, 3.63) is 53.6 Å². The zero-order valence-corrected chi connectivity index (χ0v) is 26.0. The zero-order valence-electron chi connectivity index (χ0n) is 26.0. The standard InChI is InChI=1S/C34H46N6O5/c41-24-26-23-25(5-10-30(26)36-28-13-21-45-22-14-28)33(43)35-15-3-1-2-4-16-39-17-19-40(20-18-39)29-8-6-27(7-9-29)37-31-11-12-32(42)38-34(31)44/h5-10,23-24,28,31,36-37H,1-4,11-22H2,(H,35,43)(H,38,42,44). The highest BCUT2D eigenvalue weighted by Crippen LogP contribution is 2.22. The van der Waals surface area contributed by atoms with Crippen molar-refractivity contribution in [1.29, 1.82) is 0 Å². The first-order valence-corrected chi connectivity index (χ1v) is 16.4. The predicted octanol–water partition coefficient (Wildman–Crippen LogP) is 3.42. The van der Waals surface area contributed by atoms with E-state index in [0.29, 0.717) is 30.5 Å². The van der Waals surface area contributed by atoms with Crippen molar-refractivity contribution in [2.45, 2.75) is 63.5 Å². The lowest BCUT2D eigenvalue weighted by atomic mass is 10.1. The lowest BCUT2D eigenvalue weighted by molar-refractivity contribution is -0.133. The van der Waals surface area contributed by atoms with Crippen molar-refractivity contribution >= 4 is 41.1 Å². The summed E-state index contributed by atoms with van der Waals surface area (Å²) in [4.78, 5) is 52.6. The summed E-state index contributed by atoms with van der Waals surface area (Å²) in [6, 6.07) is 13.4. The van der Waals surface area contributed by atoms with E-state index < -0.39 is 0 Å². The number of rotatable bonds is 14. The van der Waals surface area contributed by atoms with Crippen LogP contribution in [0, 0.1) is 0 Å². The number of hydrogen-bond donors (Lipinski definition) is 4. The Kier molecular flexibility index (Phi) is 11.8. The van der Waals surface area contributed by atoms with Gasteiger partial charge in [0.15, 0.2) is 6.29 Å². The SMILES string of the molecule is O=Cc1cc(C(=O)NCCCCCCN2CCN(c3ccc(NC4CCC(=O)NC4=O)cc3)CC2)ccc1NC1CCOCC1. The summed E-state index contributed by atoms with van der Waals surface area (Å²) in [6.07, 6.45) is 7.75. The van der Waals surface area contributed by atoms with E-state index in [1.54, 1.807) is 12.1 Å². The fourth-order valence-corrected chi connectivity index (χ4v) is 6.14. The van der Waals surface area contributed by atoms with Crippen molar-refractivity contribution in [3.8, 4) is 0 Å². The van der Waals surface area contributed by atoms with Crippen LogP contribution in [0.3, 0.4) is 0 Å². The third-order valence-electron chi connectivity index (χ3n) is 8.89. The van der Waals surface area contributed by atoms with E-state index in [9.17, 15) is 19.2 Å². The monoisotopic (exact) mass is 618 g/mol. The summed E-state index contributed by atoms with van der Waals surface area (Å²) in [7, 11) is 0. The Morgan fingerprint density at radius 1 is 0.911 bits per heavy atom. The van der Waals surface area contributed by atoms with Gasteiger partial charge < -0.3 is 25.6 Å². The molecule has 5 rings (SSSR count). The molecule has 4 N–H and O–H groups in total. The van der Waals surface area contributed by atoms with Gasteiger partial charge >= 0.3 is 0 Å². The molecule has 3 aliphatic heterocycles. The molecule has 2 aromatic rings. The highest BCUT2D eigenvalue weighted by Gasteiger charge is 2.26. The molecule has 0 saturated carbocycles. The number of carbonyl (C=O) groups excluding carboxylic acids is 4. The minimum Gasteiger partial charge on any atom is -0.382 e. The molecule has 3 fully saturated rings. The number of anilines is 3. The number of amides is 3. The maximum atomic E-state index is 12.7. The maximum absolute atomic E-state index is 12.7. The quantitative estimate of drug-likeness (QED) is 0.143.